The van der Waals surface area contributed by atoms with Gasteiger partial charge in [-0.15, -0.1) is 6.58 Å². The molecule has 5 nitrogen and oxygen atoms in total. The summed E-state index contributed by atoms with van der Waals surface area (Å²) < 4.78 is 10.5. The maximum Gasteiger partial charge on any atom is 0.408 e. The molecule has 0 bridgehead atoms. The molecule has 0 aliphatic carbocycles. The first-order valence-electron chi connectivity index (χ1n) is 8.02. The van der Waals surface area contributed by atoms with Gasteiger partial charge in [-0.2, -0.15) is 0 Å². The molecule has 0 radical (unpaired) electrons. The fraction of sp³-hybridized carbons (Fsp3) is 0.474. The number of hydrogen-bond donors (Lipinski definition) is 1. The molecule has 0 spiro atoms. The van der Waals surface area contributed by atoms with Crippen molar-refractivity contribution in [3.05, 3.63) is 48.0 Å². The molecule has 24 heavy (non-hydrogen) atoms. The van der Waals surface area contributed by atoms with Crippen LogP contribution >= 0.6 is 0 Å². The topological polar surface area (TPSA) is 64.6 Å². The SMILES string of the molecule is C=C(C)CC[C@H](NC(=O)OC(C)(C)C)C(=O)OCc1ccccc1. The predicted molar refractivity (Wildman–Crippen MR) is 93.4 cm³/mol. The second kappa shape index (κ2) is 9.11. The highest BCUT2D eigenvalue weighted by molar-refractivity contribution is 5.81. The first-order valence-corrected chi connectivity index (χ1v) is 8.02. The van der Waals surface area contributed by atoms with Crippen molar-refractivity contribution in [2.45, 2.75) is 58.8 Å². The number of amides is 1. The number of benzene rings is 1. The molecule has 0 saturated carbocycles. The third kappa shape index (κ3) is 8.36. The Kier molecular flexibility index (Phi) is 7.49. The summed E-state index contributed by atoms with van der Waals surface area (Å²) in [5, 5.41) is 2.59. The van der Waals surface area contributed by atoms with Gasteiger partial charge in [-0.3, -0.25) is 0 Å². The van der Waals surface area contributed by atoms with Crippen LogP contribution in [0.4, 0.5) is 4.79 Å². The summed E-state index contributed by atoms with van der Waals surface area (Å²) in [4.78, 5) is 24.2. The molecule has 1 amide bonds. The van der Waals surface area contributed by atoms with E-state index in [2.05, 4.69) is 11.9 Å². The number of allylic oxidation sites excluding steroid dienone is 1. The summed E-state index contributed by atoms with van der Waals surface area (Å²) in [6.07, 6.45) is 0.397. The van der Waals surface area contributed by atoms with E-state index < -0.39 is 23.7 Å². The van der Waals surface area contributed by atoms with Crippen LogP contribution in [0.3, 0.4) is 0 Å². The van der Waals surface area contributed by atoms with E-state index in [-0.39, 0.29) is 6.61 Å². The molecule has 0 heterocycles. The first kappa shape index (κ1) is 19.7. The minimum atomic E-state index is -0.764. The zero-order chi connectivity index (χ0) is 18.2. The van der Waals surface area contributed by atoms with E-state index >= 15 is 0 Å². The van der Waals surface area contributed by atoms with Gasteiger partial charge < -0.3 is 14.8 Å². The lowest BCUT2D eigenvalue weighted by molar-refractivity contribution is -0.147. The van der Waals surface area contributed by atoms with Crippen molar-refractivity contribution in [1.29, 1.82) is 0 Å². The lowest BCUT2D eigenvalue weighted by Gasteiger charge is -2.23. The van der Waals surface area contributed by atoms with Gasteiger partial charge in [0.25, 0.3) is 0 Å². The molecule has 5 heteroatoms. The molecular formula is C19H27NO4. The van der Waals surface area contributed by atoms with Crippen LogP contribution in [0.2, 0.25) is 0 Å². The van der Waals surface area contributed by atoms with Crippen LogP contribution in [0.1, 0.15) is 46.1 Å². The van der Waals surface area contributed by atoms with Crippen molar-refractivity contribution in [2.75, 3.05) is 0 Å². The highest BCUT2D eigenvalue weighted by Gasteiger charge is 2.25. The van der Waals surface area contributed by atoms with Crippen LogP contribution in [-0.2, 0) is 20.9 Å². The molecule has 132 valence electrons. The molecule has 0 saturated heterocycles. The van der Waals surface area contributed by atoms with Crippen LogP contribution in [0, 0.1) is 0 Å². The zero-order valence-corrected chi connectivity index (χ0v) is 14.9. The molecule has 1 N–H and O–H groups in total. The Labute approximate surface area is 144 Å². The Morgan fingerprint density at radius 3 is 2.38 bits per heavy atom. The molecular weight excluding hydrogens is 306 g/mol. The van der Waals surface area contributed by atoms with Crippen molar-refractivity contribution in [1.82, 2.24) is 5.32 Å². The minimum absolute atomic E-state index is 0.166. The third-order valence-electron chi connectivity index (χ3n) is 3.06. The van der Waals surface area contributed by atoms with Crippen molar-refractivity contribution in [3.63, 3.8) is 0 Å². The van der Waals surface area contributed by atoms with Gasteiger partial charge in [-0.05, 0) is 46.1 Å². The summed E-state index contributed by atoms with van der Waals surface area (Å²) in [6, 6.07) is 8.63. The third-order valence-corrected chi connectivity index (χ3v) is 3.06. The Morgan fingerprint density at radius 1 is 1.21 bits per heavy atom. The lowest BCUT2D eigenvalue weighted by Crippen LogP contribution is -2.44. The number of alkyl carbamates (subject to hydrolysis) is 1. The van der Waals surface area contributed by atoms with Gasteiger partial charge >= 0.3 is 12.1 Å². The fourth-order valence-corrected chi connectivity index (χ4v) is 1.92. The van der Waals surface area contributed by atoms with Crippen molar-refractivity contribution in [3.8, 4) is 0 Å². The van der Waals surface area contributed by atoms with Crippen LogP contribution in [0.5, 0.6) is 0 Å². The Hall–Kier alpha value is -2.30. The van der Waals surface area contributed by atoms with Gasteiger partial charge in [0, 0.05) is 0 Å². The van der Waals surface area contributed by atoms with E-state index in [4.69, 9.17) is 9.47 Å². The average Bonchev–Trinajstić information content (AvgIpc) is 2.48. The minimum Gasteiger partial charge on any atom is -0.459 e. The van der Waals surface area contributed by atoms with E-state index in [0.29, 0.717) is 12.8 Å². The number of nitrogens with one attached hydrogen (secondary N) is 1. The summed E-state index contributed by atoms with van der Waals surface area (Å²) >= 11 is 0. The van der Waals surface area contributed by atoms with E-state index in [9.17, 15) is 9.59 Å². The number of carbonyl (C=O) groups excluding carboxylic acids is 2. The van der Waals surface area contributed by atoms with E-state index in [1.165, 1.54) is 0 Å². The monoisotopic (exact) mass is 333 g/mol. The lowest BCUT2D eigenvalue weighted by atomic mass is 10.1. The standard InChI is InChI=1S/C19H27NO4/c1-14(2)11-12-16(20-18(22)24-19(3,4)5)17(21)23-13-15-9-7-6-8-10-15/h6-10,16H,1,11-13H2,2-5H3,(H,20,22)/t16-/m0/s1. The van der Waals surface area contributed by atoms with Gasteiger partial charge in [-0.1, -0.05) is 35.9 Å². The molecule has 1 aromatic carbocycles. The molecule has 1 aromatic rings. The number of hydrogen-bond acceptors (Lipinski definition) is 4. The normalized spacial score (nSPS) is 12.2. The summed E-state index contributed by atoms with van der Waals surface area (Å²) in [5.41, 5.74) is 1.19. The molecule has 1 atom stereocenters. The number of ether oxygens (including phenoxy) is 2. The smallest absolute Gasteiger partial charge is 0.408 e. The van der Waals surface area contributed by atoms with Gasteiger partial charge in [0.05, 0.1) is 0 Å². The Balaban J connectivity index is 2.64. The maximum atomic E-state index is 12.3. The van der Waals surface area contributed by atoms with Crippen LogP contribution in [0.15, 0.2) is 42.5 Å². The molecule has 0 aliphatic heterocycles. The van der Waals surface area contributed by atoms with Gasteiger partial charge in [-0.25, -0.2) is 9.59 Å². The molecule has 0 unspecified atom stereocenters. The molecule has 0 aliphatic rings. The van der Waals surface area contributed by atoms with Crippen LogP contribution in [-0.4, -0.2) is 23.7 Å². The van der Waals surface area contributed by atoms with Gasteiger partial charge in [0.15, 0.2) is 0 Å². The van der Waals surface area contributed by atoms with Gasteiger partial charge in [0.1, 0.15) is 18.2 Å². The number of esters is 1. The van der Waals surface area contributed by atoms with Gasteiger partial charge in [0.2, 0.25) is 0 Å². The van der Waals surface area contributed by atoms with Crippen LogP contribution in [0.25, 0.3) is 0 Å². The van der Waals surface area contributed by atoms with Crippen molar-refractivity contribution < 1.29 is 19.1 Å². The quantitative estimate of drug-likeness (QED) is 0.605. The highest BCUT2D eigenvalue weighted by Crippen LogP contribution is 2.11. The predicted octanol–water partition coefficient (Wildman–Crippen LogP) is 3.98. The van der Waals surface area contributed by atoms with E-state index in [0.717, 1.165) is 11.1 Å². The van der Waals surface area contributed by atoms with E-state index in [1.54, 1.807) is 20.8 Å². The zero-order valence-electron chi connectivity index (χ0n) is 14.9. The second-order valence-electron chi connectivity index (χ2n) is 6.79. The molecule has 0 fully saturated rings. The highest BCUT2D eigenvalue weighted by atomic mass is 16.6. The fourth-order valence-electron chi connectivity index (χ4n) is 1.92. The average molecular weight is 333 g/mol. The first-order chi connectivity index (χ1) is 11.2. The molecule has 1 rings (SSSR count). The summed E-state index contributed by atoms with van der Waals surface area (Å²) in [7, 11) is 0. The summed E-state index contributed by atoms with van der Waals surface area (Å²) in [5.74, 6) is -0.481. The Morgan fingerprint density at radius 2 is 1.83 bits per heavy atom. The number of carbonyl (C=O) groups is 2. The molecule has 0 aromatic heterocycles. The second-order valence-corrected chi connectivity index (χ2v) is 6.79. The van der Waals surface area contributed by atoms with Crippen molar-refractivity contribution >= 4 is 12.1 Å². The van der Waals surface area contributed by atoms with Crippen molar-refractivity contribution in [2.24, 2.45) is 0 Å². The Bertz CT molecular complexity index is 560. The number of rotatable bonds is 7. The van der Waals surface area contributed by atoms with E-state index in [1.807, 2.05) is 37.3 Å². The largest absolute Gasteiger partial charge is 0.459 e. The maximum absolute atomic E-state index is 12.3. The van der Waals surface area contributed by atoms with Crippen LogP contribution < -0.4 is 5.32 Å². The summed E-state index contributed by atoms with van der Waals surface area (Å²) in [6.45, 7) is 11.2.